The molecule has 1 amide bonds. The molecule has 1 fully saturated rings. The number of fused-ring (bicyclic) bond motifs is 1. The number of primary amides is 1. The summed E-state index contributed by atoms with van der Waals surface area (Å²) in [6.45, 7) is 3.91. The number of benzene rings is 1. The average molecular weight is 622 g/mol. The lowest BCUT2D eigenvalue weighted by molar-refractivity contribution is -0.145. The van der Waals surface area contributed by atoms with Crippen LogP contribution in [0.3, 0.4) is 0 Å². The summed E-state index contributed by atoms with van der Waals surface area (Å²) >= 11 is 0. The Morgan fingerprint density at radius 3 is 2.48 bits per heavy atom. The molecular formula is C30H33ClFN9O3. The number of H-pyrrole nitrogens is 1. The van der Waals surface area contributed by atoms with Gasteiger partial charge in [0.05, 0.1) is 29.9 Å². The van der Waals surface area contributed by atoms with Crippen LogP contribution in [0.2, 0.25) is 0 Å². The summed E-state index contributed by atoms with van der Waals surface area (Å²) in [5.41, 5.74) is 6.11. The minimum Gasteiger partial charge on any atom is -0.368 e. The number of amides is 1. The molecule has 1 aromatic carbocycles. The number of pyridine rings is 1. The number of hydrogen-bond donors (Lipinski definition) is 2. The fourth-order valence-corrected chi connectivity index (χ4v) is 5.85. The van der Waals surface area contributed by atoms with Crippen LogP contribution in [-0.2, 0) is 9.53 Å². The molecule has 1 atom stereocenters. The number of hydrogen-bond acceptors (Lipinski definition) is 8. The molecule has 12 nitrogen and oxygen atoms in total. The zero-order valence-electron chi connectivity index (χ0n) is 24.5. The molecule has 0 saturated heterocycles. The molecule has 3 N–H and O–H groups in total. The minimum atomic E-state index is -1.05. The summed E-state index contributed by atoms with van der Waals surface area (Å²) in [4.78, 5) is 32.5. The number of nitrogens with one attached hydrogen (secondary N) is 1. The lowest BCUT2D eigenvalue weighted by atomic mass is 9.81. The van der Waals surface area contributed by atoms with E-state index in [4.69, 9.17) is 15.6 Å². The second-order valence-corrected chi connectivity index (χ2v) is 10.9. The van der Waals surface area contributed by atoms with Crippen molar-refractivity contribution >= 4 is 40.7 Å². The van der Waals surface area contributed by atoms with Crippen LogP contribution >= 0.6 is 12.4 Å². The molecule has 14 heteroatoms. The third-order valence-corrected chi connectivity index (χ3v) is 8.35. The Morgan fingerprint density at radius 2 is 1.91 bits per heavy atom. The van der Waals surface area contributed by atoms with Gasteiger partial charge in [0.1, 0.15) is 5.60 Å². The maximum absolute atomic E-state index is 13.8. The number of carbonyl (C=O) groups is 1. The molecule has 0 spiro atoms. The summed E-state index contributed by atoms with van der Waals surface area (Å²) in [5, 5.41) is 17.7. The molecule has 1 aliphatic rings. The standard InChI is InChI=1S/C30H32FN9O3.ClH/c1-18-14-26(36-35-18)39(19(2)20-8-9-25(33-15-20)38-17-21(31)16-34-38)27-23-6-4-5-7-24(23)28(41)40(37-27)22-10-12-30(43-3,13-11-22)29(32)42;/h4-9,14-17,19,22H,10-13H2,1-3H3,(H2,32,42)(H,35,36);1H/t19-,22?,30?;/m0./s1. The maximum Gasteiger partial charge on any atom is 0.275 e. The zero-order valence-corrected chi connectivity index (χ0v) is 25.3. The first-order valence-corrected chi connectivity index (χ1v) is 14.0. The van der Waals surface area contributed by atoms with Gasteiger partial charge in [-0.1, -0.05) is 24.3 Å². The quantitative estimate of drug-likeness (QED) is 0.258. The van der Waals surface area contributed by atoms with Gasteiger partial charge < -0.3 is 15.4 Å². The number of ether oxygens (including phenoxy) is 1. The Kier molecular flexibility index (Phi) is 8.53. The number of nitrogens with two attached hydrogens (primary N) is 1. The highest BCUT2D eigenvalue weighted by atomic mass is 35.5. The lowest BCUT2D eigenvalue weighted by Crippen LogP contribution is -2.49. The number of carbonyl (C=O) groups excluding carboxylic acids is 1. The van der Waals surface area contributed by atoms with Crippen LogP contribution < -0.4 is 16.2 Å². The van der Waals surface area contributed by atoms with Crippen molar-refractivity contribution in [2.24, 2.45) is 5.73 Å². The van der Waals surface area contributed by atoms with E-state index in [9.17, 15) is 14.0 Å². The van der Waals surface area contributed by atoms with Crippen LogP contribution in [0, 0.1) is 12.7 Å². The van der Waals surface area contributed by atoms with Crippen LogP contribution in [0.15, 0.2) is 65.8 Å². The van der Waals surface area contributed by atoms with E-state index < -0.39 is 17.3 Å². The van der Waals surface area contributed by atoms with E-state index in [0.717, 1.165) is 17.5 Å². The SMILES string of the molecule is COC1(C(N)=O)CCC(n2nc(N(c3cc(C)[nH]n3)[C@@H](C)c3ccc(-n4cc(F)cn4)nc3)c3ccccc3c2=O)CC1.Cl. The van der Waals surface area contributed by atoms with Crippen LogP contribution in [0.4, 0.5) is 16.0 Å². The molecule has 4 aromatic heterocycles. The van der Waals surface area contributed by atoms with Gasteiger partial charge in [-0.05, 0) is 57.2 Å². The summed E-state index contributed by atoms with van der Waals surface area (Å²) in [5.74, 6) is 0.680. The molecule has 0 unspecified atom stereocenters. The fourth-order valence-electron chi connectivity index (χ4n) is 5.85. The number of halogens is 2. The van der Waals surface area contributed by atoms with Crippen molar-refractivity contribution in [2.45, 2.75) is 57.2 Å². The van der Waals surface area contributed by atoms with E-state index in [1.807, 2.05) is 49.1 Å². The molecule has 1 aliphatic carbocycles. The molecule has 0 bridgehead atoms. The lowest BCUT2D eigenvalue weighted by Gasteiger charge is -2.37. The molecule has 230 valence electrons. The monoisotopic (exact) mass is 621 g/mol. The molecule has 4 heterocycles. The van der Waals surface area contributed by atoms with Crippen molar-refractivity contribution in [1.29, 1.82) is 0 Å². The highest BCUT2D eigenvalue weighted by Crippen LogP contribution is 2.39. The molecule has 44 heavy (non-hydrogen) atoms. The van der Waals surface area contributed by atoms with Crippen molar-refractivity contribution < 1.29 is 13.9 Å². The normalized spacial score (nSPS) is 19.0. The van der Waals surface area contributed by atoms with Gasteiger partial charge in [0, 0.05) is 30.5 Å². The molecule has 0 aliphatic heterocycles. The molecular weight excluding hydrogens is 589 g/mol. The van der Waals surface area contributed by atoms with Crippen LogP contribution in [0.25, 0.3) is 16.6 Å². The summed E-state index contributed by atoms with van der Waals surface area (Å²) in [6.07, 6.45) is 5.86. The number of aromatic amines is 1. The summed E-state index contributed by atoms with van der Waals surface area (Å²) in [7, 11) is 1.49. The van der Waals surface area contributed by atoms with Crippen molar-refractivity contribution in [3.8, 4) is 5.82 Å². The third-order valence-electron chi connectivity index (χ3n) is 8.35. The third kappa shape index (κ3) is 5.44. The summed E-state index contributed by atoms with van der Waals surface area (Å²) < 4.78 is 22.0. The van der Waals surface area contributed by atoms with E-state index in [-0.39, 0.29) is 30.0 Å². The van der Waals surface area contributed by atoms with Crippen molar-refractivity contribution in [3.05, 3.63) is 88.5 Å². The highest BCUT2D eigenvalue weighted by Gasteiger charge is 2.42. The first-order valence-electron chi connectivity index (χ1n) is 14.0. The second-order valence-electron chi connectivity index (χ2n) is 10.9. The Hall–Kier alpha value is -4.62. The first kappa shape index (κ1) is 30.8. The maximum atomic E-state index is 13.8. The van der Waals surface area contributed by atoms with Gasteiger partial charge in [-0.15, -0.1) is 12.4 Å². The minimum absolute atomic E-state index is 0. The van der Waals surface area contributed by atoms with Gasteiger partial charge >= 0.3 is 0 Å². The second kappa shape index (κ2) is 12.2. The number of anilines is 2. The number of rotatable bonds is 8. The van der Waals surface area contributed by atoms with Gasteiger partial charge in [0.25, 0.3) is 5.56 Å². The van der Waals surface area contributed by atoms with E-state index in [1.54, 1.807) is 18.3 Å². The zero-order chi connectivity index (χ0) is 30.3. The smallest absolute Gasteiger partial charge is 0.275 e. The predicted molar refractivity (Wildman–Crippen MR) is 165 cm³/mol. The van der Waals surface area contributed by atoms with Crippen LogP contribution in [-0.4, -0.2) is 53.4 Å². The Bertz CT molecular complexity index is 1840. The molecule has 6 rings (SSSR count). The van der Waals surface area contributed by atoms with Gasteiger partial charge in [0.2, 0.25) is 5.91 Å². The van der Waals surface area contributed by atoms with E-state index in [1.165, 1.54) is 22.7 Å². The number of nitrogens with zero attached hydrogens (tertiary/aromatic N) is 7. The largest absolute Gasteiger partial charge is 0.368 e. The van der Waals surface area contributed by atoms with Gasteiger partial charge in [0.15, 0.2) is 23.3 Å². The molecule has 0 radical (unpaired) electrons. The van der Waals surface area contributed by atoms with Gasteiger partial charge in [-0.25, -0.2) is 18.7 Å². The van der Waals surface area contributed by atoms with E-state index in [2.05, 4.69) is 20.3 Å². The average Bonchev–Trinajstić information content (AvgIpc) is 3.66. The van der Waals surface area contributed by atoms with Gasteiger partial charge in [-0.2, -0.15) is 15.3 Å². The Balaban J connectivity index is 0.00000384. The fraction of sp³-hybridized carbons (Fsp3) is 0.333. The van der Waals surface area contributed by atoms with E-state index >= 15 is 0 Å². The van der Waals surface area contributed by atoms with Gasteiger partial charge in [-0.3, -0.25) is 14.7 Å². The molecule has 5 aromatic rings. The van der Waals surface area contributed by atoms with Crippen molar-refractivity contribution in [1.82, 2.24) is 34.7 Å². The Morgan fingerprint density at radius 1 is 1.18 bits per heavy atom. The van der Waals surface area contributed by atoms with E-state index in [0.29, 0.717) is 53.9 Å². The van der Waals surface area contributed by atoms with Crippen LogP contribution in [0.5, 0.6) is 0 Å². The number of aryl methyl sites for hydroxylation is 1. The number of methoxy groups -OCH3 is 1. The highest BCUT2D eigenvalue weighted by molar-refractivity contribution is 5.93. The first-order chi connectivity index (χ1) is 20.7. The number of aromatic nitrogens is 7. The topological polar surface area (TPSA) is 150 Å². The molecule has 1 saturated carbocycles. The summed E-state index contributed by atoms with van der Waals surface area (Å²) in [6, 6.07) is 12.4. The van der Waals surface area contributed by atoms with Crippen molar-refractivity contribution in [3.63, 3.8) is 0 Å². The van der Waals surface area contributed by atoms with Crippen molar-refractivity contribution in [2.75, 3.05) is 12.0 Å². The Labute approximate surface area is 258 Å². The van der Waals surface area contributed by atoms with Crippen LogP contribution in [0.1, 0.15) is 55.9 Å². The predicted octanol–water partition coefficient (Wildman–Crippen LogP) is 4.45.